The van der Waals surface area contributed by atoms with Crippen LogP contribution in [0.15, 0.2) is 0 Å². The van der Waals surface area contributed by atoms with Crippen LogP contribution in [-0.2, 0) is 9.59 Å². The third-order valence-corrected chi connectivity index (χ3v) is 4.57. The maximum atomic E-state index is 12.1. The van der Waals surface area contributed by atoms with E-state index in [1.54, 1.807) is 0 Å². The molecule has 0 bridgehead atoms. The van der Waals surface area contributed by atoms with Crippen LogP contribution in [0.5, 0.6) is 0 Å². The molecular formula is C14H23NO4. The average molecular weight is 269 g/mol. The van der Waals surface area contributed by atoms with E-state index in [4.69, 9.17) is 0 Å². The molecule has 2 fully saturated rings. The van der Waals surface area contributed by atoms with Crippen LogP contribution in [0, 0.1) is 5.41 Å². The molecule has 0 unspecified atom stereocenters. The molecule has 5 nitrogen and oxygen atoms in total. The fourth-order valence-corrected chi connectivity index (χ4v) is 2.99. The molecule has 0 aliphatic heterocycles. The Morgan fingerprint density at radius 1 is 1.00 bits per heavy atom. The lowest BCUT2D eigenvalue weighted by Gasteiger charge is -2.28. The molecule has 0 aromatic heterocycles. The summed E-state index contributed by atoms with van der Waals surface area (Å²) in [5.41, 5.74) is -1.35. The largest absolute Gasteiger partial charge is 0.481 e. The summed E-state index contributed by atoms with van der Waals surface area (Å²) in [5.74, 6) is -1.07. The number of carboxylic acids is 1. The van der Waals surface area contributed by atoms with Gasteiger partial charge in [0.1, 0.15) is 0 Å². The molecule has 0 aromatic rings. The third-order valence-electron chi connectivity index (χ3n) is 4.57. The fourth-order valence-electron chi connectivity index (χ4n) is 2.99. The molecule has 1 amide bonds. The Kier molecular flexibility index (Phi) is 4.13. The second-order valence-corrected chi connectivity index (χ2v) is 6.16. The van der Waals surface area contributed by atoms with Crippen LogP contribution >= 0.6 is 0 Å². The minimum atomic E-state index is -0.897. The van der Waals surface area contributed by atoms with Crippen LogP contribution in [0.4, 0.5) is 0 Å². The standard InChI is InChI=1S/C14H23NO4/c16-10-14(7-8-14)15-11(17)9-13(12(18)19)5-3-1-2-4-6-13/h16H,1-10H2,(H,15,17)(H,18,19). The smallest absolute Gasteiger partial charge is 0.310 e. The number of carbonyl (C=O) groups excluding carboxylic acids is 1. The summed E-state index contributed by atoms with van der Waals surface area (Å²) in [5, 5.41) is 21.5. The summed E-state index contributed by atoms with van der Waals surface area (Å²) in [6, 6.07) is 0. The Morgan fingerprint density at radius 3 is 2.00 bits per heavy atom. The Bertz CT molecular complexity index is 354. The molecule has 5 heteroatoms. The van der Waals surface area contributed by atoms with E-state index in [1.807, 2.05) is 0 Å². The lowest BCUT2D eigenvalue weighted by Crippen LogP contribution is -2.44. The molecule has 2 rings (SSSR count). The quantitative estimate of drug-likeness (QED) is 0.659. The zero-order chi connectivity index (χ0) is 13.9. The fraction of sp³-hybridized carbons (Fsp3) is 0.857. The van der Waals surface area contributed by atoms with E-state index in [-0.39, 0.29) is 18.9 Å². The molecule has 0 aromatic carbocycles. The summed E-state index contributed by atoms with van der Waals surface area (Å²) in [7, 11) is 0. The van der Waals surface area contributed by atoms with Crippen LogP contribution in [0.2, 0.25) is 0 Å². The molecule has 0 radical (unpaired) electrons. The van der Waals surface area contributed by atoms with E-state index in [2.05, 4.69) is 5.32 Å². The van der Waals surface area contributed by atoms with Gasteiger partial charge in [0, 0.05) is 6.42 Å². The van der Waals surface area contributed by atoms with Gasteiger partial charge in [0.05, 0.1) is 17.6 Å². The summed E-state index contributed by atoms with van der Waals surface area (Å²) in [4.78, 5) is 23.6. The number of hydrogen-bond donors (Lipinski definition) is 3. The second-order valence-electron chi connectivity index (χ2n) is 6.16. The first-order chi connectivity index (χ1) is 9.02. The van der Waals surface area contributed by atoms with Gasteiger partial charge in [-0.15, -0.1) is 0 Å². The maximum absolute atomic E-state index is 12.1. The summed E-state index contributed by atoms with van der Waals surface area (Å²) in [6.45, 7) is -0.0567. The highest BCUT2D eigenvalue weighted by atomic mass is 16.4. The van der Waals surface area contributed by atoms with E-state index in [0.717, 1.165) is 38.5 Å². The van der Waals surface area contributed by atoms with Crippen molar-refractivity contribution in [2.75, 3.05) is 6.61 Å². The highest BCUT2D eigenvalue weighted by molar-refractivity contribution is 5.85. The first-order valence-electron chi connectivity index (χ1n) is 7.17. The first-order valence-corrected chi connectivity index (χ1v) is 7.17. The topological polar surface area (TPSA) is 86.6 Å². The Morgan fingerprint density at radius 2 is 1.58 bits per heavy atom. The predicted molar refractivity (Wildman–Crippen MR) is 69.6 cm³/mol. The molecule has 0 atom stereocenters. The number of carbonyl (C=O) groups is 2. The van der Waals surface area contributed by atoms with Gasteiger partial charge in [-0.05, 0) is 25.7 Å². The zero-order valence-electron chi connectivity index (χ0n) is 11.3. The Labute approximate surface area is 113 Å². The number of hydrogen-bond acceptors (Lipinski definition) is 3. The predicted octanol–water partition coefficient (Wildman–Crippen LogP) is 1.44. The minimum absolute atomic E-state index is 0.0457. The molecule has 2 saturated carbocycles. The van der Waals surface area contributed by atoms with Crippen LogP contribution in [0.3, 0.4) is 0 Å². The molecule has 3 N–H and O–H groups in total. The number of amides is 1. The molecule has 2 aliphatic carbocycles. The lowest BCUT2D eigenvalue weighted by atomic mass is 9.77. The van der Waals surface area contributed by atoms with Crippen LogP contribution < -0.4 is 5.32 Å². The van der Waals surface area contributed by atoms with Gasteiger partial charge < -0.3 is 15.5 Å². The summed E-state index contributed by atoms with van der Waals surface area (Å²) in [6.07, 6.45) is 6.66. The van der Waals surface area contributed by atoms with Crippen LogP contribution in [-0.4, -0.2) is 34.2 Å². The van der Waals surface area contributed by atoms with Crippen LogP contribution in [0.1, 0.15) is 57.8 Å². The van der Waals surface area contributed by atoms with Gasteiger partial charge in [-0.3, -0.25) is 9.59 Å². The zero-order valence-corrected chi connectivity index (χ0v) is 11.3. The summed E-state index contributed by atoms with van der Waals surface area (Å²) >= 11 is 0. The monoisotopic (exact) mass is 269 g/mol. The van der Waals surface area contributed by atoms with E-state index >= 15 is 0 Å². The lowest BCUT2D eigenvalue weighted by molar-refractivity contribution is -0.153. The van der Waals surface area contributed by atoms with Crippen LogP contribution in [0.25, 0.3) is 0 Å². The van der Waals surface area contributed by atoms with Crippen molar-refractivity contribution in [2.24, 2.45) is 5.41 Å². The van der Waals surface area contributed by atoms with Gasteiger partial charge in [-0.25, -0.2) is 0 Å². The number of carboxylic acid groups (broad SMARTS) is 1. The van der Waals surface area contributed by atoms with E-state index in [0.29, 0.717) is 12.8 Å². The molecule has 0 saturated heterocycles. The van der Waals surface area contributed by atoms with Crippen molar-refractivity contribution in [1.29, 1.82) is 0 Å². The molecule has 108 valence electrons. The van der Waals surface area contributed by atoms with Crippen molar-refractivity contribution in [3.63, 3.8) is 0 Å². The molecular weight excluding hydrogens is 246 g/mol. The van der Waals surface area contributed by atoms with Crippen molar-refractivity contribution in [3.8, 4) is 0 Å². The minimum Gasteiger partial charge on any atom is -0.481 e. The third kappa shape index (κ3) is 3.26. The molecule has 2 aliphatic rings. The Hall–Kier alpha value is -1.10. The van der Waals surface area contributed by atoms with E-state index in [9.17, 15) is 19.8 Å². The van der Waals surface area contributed by atoms with Crippen molar-refractivity contribution < 1.29 is 19.8 Å². The van der Waals surface area contributed by atoms with Gasteiger partial charge in [0.2, 0.25) is 5.91 Å². The molecule has 0 heterocycles. The van der Waals surface area contributed by atoms with E-state index in [1.165, 1.54) is 0 Å². The number of aliphatic hydroxyl groups excluding tert-OH is 1. The van der Waals surface area contributed by atoms with Crippen molar-refractivity contribution in [3.05, 3.63) is 0 Å². The highest BCUT2D eigenvalue weighted by Gasteiger charge is 2.46. The molecule has 19 heavy (non-hydrogen) atoms. The van der Waals surface area contributed by atoms with Crippen molar-refractivity contribution >= 4 is 11.9 Å². The van der Waals surface area contributed by atoms with Gasteiger partial charge in [-0.1, -0.05) is 25.7 Å². The number of nitrogens with one attached hydrogen (secondary N) is 1. The average Bonchev–Trinajstić information content (AvgIpc) is 3.14. The number of rotatable bonds is 5. The summed E-state index contributed by atoms with van der Waals surface area (Å²) < 4.78 is 0. The molecule has 0 spiro atoms. The van der Waals surface area contributed by atoms with E-state index < -0.39 is 16.9 Å². The van der Waals surface area contributed by atoms with Gasteiger partial charge in [0.25, 0.3) is 0 Å². The Balaban J connectivity index is 1.99. The number of aliphatic carboxylic acids is 1. The van der Waals surface area contributed by atoms with Crippen molar-refractivity contribution in [1.82, 2.24) is 5.32 Å². The highest BCUT2D eigenvalue weighted by Crippen LogP contribution is 2.40. The first kappa shape index (κ1) is 14.3. The normalized spacial score (nSPS) is 24.3. The number of aliphatic hydroxyl groups is 1. The van der Waals surface area contributed by atoms with Gasteiger partial charge in [-0.2, -0.15) is 0 Å². The second kappa shape index (κ2) is 5.49. The van der Waals surface area contributed by atoms with Gasteiger partial charge in [0.15, 0.2) is 0 Å². The SMILES string of the molecule is O=C(CC1(C(=O)O)CCCCCC1)NC1(CO)CC1. The van der Waals surface area contributed by atoms with Gasteiger partial charge >= 0.3 is 5.97 Å². The maximum Gasteiger partial charge on any atom is 0.310 e. The van der Waals surface area contributed by atoms with Crippen molar-refractivity contribution in [2.45, 2.75) is 63.3 Å².